The average Bonchev–Trinajstić information content (AvgIpc) is 2.31. The van der Waals surface area contributed by atoms with Crippen molar-refractivity contribution in [2.24, 2.45) is 0 Å². The van der Waals surface area contributed by atoms with Crippen molar-refractivity contribution in [1.82, 2.24) is 5.32 Å². The van der Waals surface area contributed by atoms with E-state index in [1.807, 2.05) is 0 Å². The maximum absolute atomic E-state index is 11.5. The highest BCUT2D eigenvalue weighted by atomic mass is 16.6. The molecule has 0 fully saturated rings. The molecule has 0 saturated heterocycles. The fourth-order valence-electron chi connectivity index (χ4n) is 1.32. The van der Waals surface area contributed by atoms with Crippen molar-refractivity contribution in [3.63, 3.8) is 0 Å². The Morgan fingerprint density at radius 2 is 2.05 bits per heavy atom. The van der Waals surface area contributed by atoms with Crippen LogP contribution >= 0.6 is 0 Å². The predicted octanol–water partition coefficient (Wildman–Crippen LogP) is 1.50. The molecular weight excluding hydrogens is 254 g/mol. The Balaban J connectivity index is 2.75. The highest BCUT2D eigenvalue weighted by Gasteiger charge is 2.15. The van der Waals surface area contributed by atoms with E-state index in [1.165, 1.54) is 25.1 Å². The summed E-state index contributed by atoms with van der Waals surface area (Å²) in [4.78, 5) is 32.0. The molecule has 0 saturated carbocycles. The van der Waals surface area contributed by atoms with Crippen LogP contribution in [0.3, 0.4) is 0 Å². The zero-order valence-electron chi connectivity index (χ0n) is 10.3. The molecule has 0 radical (unpaired) electrons. The summed E-state index contributed by atoms with van der Waals surface area (Å²) in [5.41, 5.74) is 0.801. The van der Waals surface area contributed by atoms with Gasteiger partial charge in [-0.25, -0.2) is 4.79 Å². The van der Waals surface area contributed by atoms with Crippen LogP contribution < -0.4 is 10.6 Å². The highest BCUT2D eigenvalue weighted by molar-refractivity contribution is 5.92. The molecule has 1 atom stereocenters. The number of carbonyl (C=O) groups excluding carboxylic acids is 1. The maximum atomic E-state index is 11.5. The van der Waals surface area contributed by atoms with E-state index >= 15 is 0 Å². The number of amides is 2. The molecule has 2 amide bonds. The molecule has 0 bridgehead atoms. The lowest BCUT2D eigenvalue weighted by atomic mass is 10.2. The van der Waals surface area contributed by atoms with Crippen LogP contribution in [0.25, 0.3) is 0 Å². The van der Waals surface area contributed by atoms with E-state index in [9.17, 15) is 19.7 Å². The van der Waals surface area contributed by atoms with Crippen molar-refractivity contribution in [3.8, 4) is 0 Å². The van der Waals surface area contributed by atoms with Crippen molar-refractivity contribution >= 4 is 23.4 Å². The van der Waals surface area contributed by atoms with Gasteiger partial charge in [-0.3, -0.25) is 14.9 Å². The van der Waals surface area contributed by atoms with Crippen LogP contribution in [0.1, 0.15) is 12.5 Å². The van der Waals surface area contributed by atoms with Gasteiger partial charge in [-0.05, 0) is 25.5 Å². The number of nitro benzene ring substituents is 1. The second-order valence-corrected chi connectivity index (χ2v) is 3.91. The first-order valence-electron chi connectivity index (χ1n) is 5.36. The topological polar surface area (TPSA) is 122 Å². The van der Waals surface area contributed by atoms with E-state index in [4.69, 9.17) is 5.11 Å². The molecule has 19 heavy (non-hydrogen) atoms. The molecule has 3 N–H and O–H groups in total. The molecule has 1 aromatic carbocycles. The van der Waals surface area contributed by atoms with Gasteiger partial charge >= 0.3 is 12.0 Å². The molecule has 0 heterocycles. The number of hydrogen-bond acceptors (Lipinski definition) is 4. The van der Waals surface area contributed by atoms with Gasteiger partial charge < -0.3 is 15.7 Å². The van der Waals surface area contributed by atoms with E-state index < -0.39 is 23.0 Å². The van der Waals surface area contributed by atoms with E-state index in [1.54, 1.807) is 6.92 Å². The van der Waals surface area contributed by atoms with Crippen molar-refractivity contribution in [2.75, 3.05) is 5.32 Å². The number of non-ortho nitro benzene ring substituents is 1. The quantitative estimate of drug-likeness (QED) is 0.563. The Labute approximate surface area is 108 Å². The number of aliphatic carboxylic acids is 1. The van der Waals surface area contributed by atoms with Crippen LogP contribution in [0.2, 0.25) is 0 Å². The first kappa shape index (κ1) is 14.4. The molecule has 1 aromatic rings. The molecule has 0 aliphatic carbocycles. The summed E-state index contributed by atoms with van der Waals surface area (Å²) in [5, 5.41) is 23.8. The standard InChI is InChI=1S/C11H13N3O5/c1-6-5-8(14(18)19)3-4-9(6)13-11(17)12-7(2)10(15)16/h3-5,7H,1-2H3,(H,15,16)(H2,12,13,17). The van der Waals surface area contributed by atoms with Gasteiger partial charge in [0.1, 0.15) is 6.04 Å². The third-order valence-electron chi connectivity index (χ3n) is 2.39. The van der Waals surface area contributed by atoms with Gasteiger partial charge in [0.15, 0.2) is 0 Å². The largest absolute Gasteiger partial charge is 0.480 e. The molecule has 0 spiro atoms. The van der Waals surface area contributed by atoms with Gasteiger partial charge in [-0.15, -0.1) is 0 Å². The molecule has 8 heteroatoms. The van der Waals surface area contributed by atoms with Crippen LogP contribution in [-0.2, 0) is 4.79 Å². The Kier molecular flexibility index (Phi) is 4.41. The summed E-state index contributed by atoms with van der Waals surface area (Å²) in [7, 11) is 0. The smallest absolute Gasteiger partial charge is 0.325 e. The Morgan fingerprint density at radius 1 is 1.42 bits per heavy atom. The number of hydrogen-bond donors (Lipinski definition) is 3. The fourth-order valence-corrected chi connectivity index (χ4v) is 1.32. The lowest BCUT2D eigenvalue weighted by Gasteiger charge is -2.12. The van der Waals surface area contributed by atoms with Gasteiger partial charge in [-0.1, -0.05) is 0 Å². The lowest BCUT2D eigenvalue weighted by molar-refractivity contribution is -0.384. The van der Waals surface area contributed by atoms with Crippen molar-refractivity contribution in [1.29, 1.82) is 0 Å². The summed E-state index contributed by atoms with van der Waals surface area (Å²) in [6.45, 7) is 2.92. The summed E-state index contributed by atoms with van der Waals surface area (Å²) in [5.74, 6) is -1.16. The van der Waals surface area contributed by atoms with Gasteiger partial charge in [-0.2, -0.15) is 0 Å². The minimum Gasteiger partial charge on any atom is -0.480 e. The number of rotatable bonds is 4. The third-order valence-corrected chi connectivity index (χ3v) is 2.39. The van der Waals surface area contributed by atoms with E-state index in [-0.39, 0.29) is 5.69 Å². The number of carboxylic acids is 1. The molecule has 102 valence electrons. The van der Waals surface area contributed by atoms with Gasteiger partial charge in [0, 0.05) is 17.8 Å². The second kappa shape index (κ2) is 5.80. The number of anilines is 1. The number of benzene rings is 1. The molecule has 8 nitrogen and oxygen atoms in total. The Hall–Kier alpha value is -2.64. The minimum absolute atomic E-state index is 0.0811. The molecule has 0 aliphatic rings. The summed E-state index contributed by atoms with van der Waals surface area (Å²) < 4.78 is 0. The second-order valence-electron chi connectivity index (χ2n) is 3.91. The average molecular weight is 267 g/mol. The van der Waals surface area contributed by atoms with Gasteiger partial charge in [0.2, 0.25) is 0 Å². The number of nitrogens with zero attached hydrogens (tertiary/aromatic N) is 1. The first-order valence-corrected chi connectivity index (χ1v) is 5.36. The van der Waals surface area contributed by atoms with Crippen LogP contribution in [-0.4, -0.2) is 28.1 Å². The summed E-state index contributed by atoms with van der Waals surface area (Å²) in [6.07, 6.45) is 0. The minimum atomic E-state index is -1.16. The van der Waals surface area contributed by atoms with Crippen LogP contribution in [0, 0.1) is 17.0 Å². The molecular formula is C11H13N3O5. The van der Waals surface area contributed by atoms with Crippen molar-refractivity contribution in [3.05, 3.63) is 33.9 Å². The SMILES string of the molecule is Cc1cc([N+](=O)[O-])ccc1NC(=O)NC(C)C(=O)O. The third kappa shape index (κ3) is 3.95. The molecule has 0 aromatic heterocycles. The fraction of sp³-hybridized carbons (Fsp3) is 0.273. The lowest BCUT2D eigenvalue weighted by Crippen LogP contribution is -2.40. The first-order chi connectivity index (χ1) is 8.81. The van der Waals surface area contributed by atoms with Crippen molar-refractivity contribution in [2.45, 2.75) is 19.9 Å². The number of aryl methyl sites for hydroxylation is 1. The zero-order valence-corrected chi connectivity index (χ0v) is 10.3. The predicted molar refractivity (Wildman–Crippen MR) is 67.1 cm³/mol. The van der Waals surface area contributed by atoms with E-state index in [0.717, 1.165) is 0 Å². The normalized spacial score (nSPS) is 11.5. The monoisotopic (exact) mass is 267 g/mol. The Bertz CT molecular complexity index is 529. The van der Waals surface area contributed by atoms with E-state index in [2.05, 4.69) is 10.6 Å². The molecule has 1 unspecified atom stereocenters. The number of nitrogens with one attached hydrogen (secondary N) is 2. The number of urea groups is 1. The summed E-state index contributed by atoms with van der Waals surface area (Å²) in [6, 6.07) is 2.24. The number of carbonyl (C=O) groups is 2. The summed E-state index contributed by atoms with van der Waals surface area (Å²) >= 11 is 0. The van der Waals surface area contributed by atoms with E-state index in [0.29, 0.717) is 11.3 Å². The van der Waals surface area contributed by atoms with Crippen LogP contribution in [0.4, 0.5) is 16.2 Å². The highest BCUT2D eigenvalue weighted by Crippen LogP contribution is 2.20. The Morgan fingerprint density at radius 3 is 2.53 bits per heavy atom. The van der Waals surface area contributed by atoms with Gasteiger partial charge in [0.05, 0.1) is 4.92 Å². The van der Waals surface area contributed by atoms with Crippen LogP contribution in [0.5, 0.6) is 0 Å². The van der Waals surface area contributed by atoms with Crippen LogP contribution in [0.15, 0.2) is 18.2 Å². The molecule has 1 rings (SSSR count). The number of carboxylic acid groups (broad SMARTS) is 1. The number of nitro groups is 1. The maximum Gasteiger partial charge on any atom is 0.325 e. The molecule has 0 aliphatic heterocycles. The zero-order chi connectivity index (χ0) is 14.6. The van der Waals surface area contributed by atoms with Gasteiger partial charge in [0.25, 0.3) is 5.69 Å². The van der Waals surface area contributed by atoms with Crippen molar-refractivity contribution < 1.29 is 19.6 Å².